The molecule has 0 aromatic heterocycles. The van der Waals surface area contributed by atoms with Crippen LogP contribution in [0.25, 0.3) is 0 Å². The van der Waals surface area contributed by atoms with E-state index < -0.39 is 5.92 Å². The highest BCUT2D eigenvalue weighted by Crippen LogP contribution is 2.47. The molecule has 2 aromatic carbocycles. The molecular formula is C29H33NO5. The van der Waals surface area contributed by atoms with Crippen LogP contribution >= 0.6 is 0 Å². The van der Waals surface area contributed by atoms with Crippen LogP contribution in [0.5, 0.6) is 11.5 Å². The molecule has 1 heterocycles. The zero-order chi connectivity index (χ0) is 25.3. The maximum absolute atomic E-state index is 13.8. The summed E-state index contributed by atoms with van der Waals surface area (Å²) in [4.78, 5) is 27.0. The van der Waals surface area contributed by atoms with Crippen LogP contribution in [-0.4, -0.2) is 32.1 Å². The topological polar surface area (TPSA) is 73.9 Å². The molecule has 6 nitrogen and oxygen atoms in total. The molecule has 0 amide bonds. The largest absolute Gasteiger partial charge is 0.493 e. The molecule has 0 radical (unpaired) electrons. The number of ether oxygens (including phenoxy) is 3. The van der Waals surface area contributed by atoms with E-state index in [9.17, 15) is 9.59 Å². The molecule has 0 spiro atoms. The quantitative estimate of drug-likeness (QED) is 0.570. The fraction of sp³-hybridized carbons (Fsp3) is 0.379. The Hall–Kier alpha value is -3.54. The van der Waals surface area contributed by atoms with Crippen molar-refractivity contribution in [3.63, 3.8) is 0 Å². The van der Waals surface area contributed by atoms with Gasteiger partial charge in [0.15, 0.2) is 17.3 Å². The zero-order valence-electron chi connectivity index (χ0n) is 21.2. The smallest absolute Gasteiger partial charge is 0.337 e. The first-order valence-electron chi connectivity index (χ1n) is 12.0. The molecule has 0 fully saturated rings. The number of methoxy groups -OCH3 is 2. The van der Waals surface area contributed by atoms with E-state index in [1.54, 1.807) is 14.2 Å². The van der Waals surface area contributed by atoms with Gasteiger partial charge in [-0.2, -0.15) is 0 Å². The average molecular weight is 476 g/mol. The maximum atomic E-state index is 13.8. The van der Waals surface area contributed by atoms with Gasteiger partial charge >= 0.3 is 5.97 Å². The van der Waals surface area contributed by atoms with Crippen molar-refractivity contribution in [2.45, 2.75) is 58.5 Å². The number of hydrogen-bond acceptors (Lipinski definition) is 6. The number of allylic oxidation sites excluding steroid dienone is 3. The second-order valence-corrected chi connectivity index (χ2v) is 9.44. The minimum atomic E-state index is -0.461. The SMILES string of the molecule is COc1ccc([C@@H]2CC(=O)C3=C(C2)NC(C)=C(C(=O)OC(C)C)[C@H]3c2ccccc2C)cc1OC. The summed E-state index contributed by atoms with van der Waals surface area (Å²) in [5, 5.41) is 3.40. The van der Waals surface area contributed by atoms with Crippen LogP contribution in [0, 0.1) is 6.92 Å². The van der Waals surface area contributed by atoms with Crippen LogP contribution in [0.2, 0.25) is 0 Å². The minimum absolute atomic E-state index is 0.0111. The van der Waals surface area contributed by atoms with Crippen LogP contribution in [0.3, 0.4) is 0 Å². The van der Waals surface area contributed by atoms with E-state index >= 15 is 0 Å². The fourth-order valence-corrected chi connectivity index (χ4v) is 5.15. The van der Waals surface area contributed by atoms with Crippen LogP contribution < -0.4 is 14.8 Å². The number of carbonyl (C=O) groups excluding carboxylic acids is 2. The molecule has 184 valence electrons. The molecule has 4 rings (SSSR count). The van der Waals surface area contributed by atoms with Crippen molar-refractivity contribution in [2.75, 3.05) is 14.2 Å². The number of Topliss-reactive ketones (excluding diaryl/α,β-unsaturated/α-hetero) is 1. The van der Waals surface area contributed by atoms with Gasteiger partial charge in [0, 0.05) is 29.3 Å². The zero-order valence-corrected chi connectivity index (χ0v) is 21.2. The molecule has 0 saturated heterocycles. The van der Waals surface area contributed by atoms with E-state index in [-0.39, 0.29) is 23.8 Å². The van der Waals surface area contributed by atoms with E-state index in [2.05, 4.69) is 5.32 Å². The summed E-state index contributed by atoms with van der Waals surface area (Å²) in [5.74, 6) is 0.469. The lowest BCUT2D eigenvalue weighted by atomic mass is 9.71. The molecule has 1 aliphatic heterocycles. The first-order chi connectivity index (χ1) is 16.7. The Labute approximate surface area is 207 Å². The number of aryl methyl sites for hydroxylation is 1. The Balaban J connectivity index is 1.79. The summed E-state index contributed by atoms with van der Waals surface area (Å²) in [6.45, 7) is 7.56. The number of rotatable bonds is 6. The number of ketones is 1. The molecule has 2 atom stereocenters. The number of hydrogen-bond donors (Lipinski definition) is 1. The molecule has 35 heavy (non-hydrogen) atoms. The number of benzene rings is 2. The molecule has 2 aliphatic rings. The lowest BCUT2D eigenvalue weighted by molar-refractivity contribution is -0.143. The third-order valence-corrected chi connectivity index (χ3v) is 6.77. The van der Waals surface area contributed by atoms with E-state index in [0.717, 1.165) is 28.1 Å². The molecule has 2 aromatic rings. The number of dihydropyridines is 1. The highest BCUT2D eigenvalue weighted by Gasteiger charge is 2.42. The normalized spacial score (nSPS) is 19.9. The molecule has 0 bridgehead atoms. The van der Waals surface area contributed by atoms with Gasteiger partial charge in [0.05, 0.1) is 25.9 Å². The Morgan fingerprint density at radius 1 is 1.00 bits per heavy atom. The summed E-state index contributed by atoms with van der Waals surface area (Å²) in [5.41, 5.74) is 5.76. The van der Waals surface area contributed by atoms with Gasteiger partial charge in [-0.15, -0.1) is 0 Å². The van der Waals surface area contributed by atoms with Gasteiger partial charge in [-0.1, -0.05) is 30.3 Å². The van der Waals surface area contributed by atoms with E-state index in [4.69, 9.17) is 14.2 Å². The van der Waals surface area contributed by atoms with Gasteiger partial charge in [-0.05, 0) is 68.9 Å². The van der Waals surface area contributed by atoms with Gasteiger partial charge in [-0.3, -0.25) is 4.79 Å². The van der Waals surface area contributed by atoms with E-state index in [0.29, 0.717) is 35.5 Å². The van der Waals surface area contributed by atoms with E-state index in [1.165, 1.54) is 0 Å². The van der Waals surface area contributed by atoms with Crippen molar-refractivity contribution in [3.05, 3.63) is 81.7 Å². The molecule has 1 N–H and O–H groups in total. The molecule has 6 heteroatoms. The first-order valence-corrected chi connectivity index (χ1v) is 12.0. The average Bonchev–Trinajstić information content (AvgIpc) is 2.82. The summed E-state index contributed by atoms with van der Waals surface area (Å²) in [6, 6.07) is 13.7. The lowest BCUT2D eigenvalue weighted by Gasteiger charge is -2.37. The monoisotopic (exact) mass is 475 g/mol. The highest BCUT2D eigenvalue weighted by atomic mass is 16.5. The van der Waals surface area contributed by atoms with Gasteiger partial charge < -0.3 is 19.5 Å². The third kappa shape index (κ3) is 4.70. The number of carbonyl (C=O) groups is 2. The predicted octanol–water partition coefficient (Wildman–Crippen LogP) is 5.33. The molecule has 1 aliphatic carbocycles. The van der Waals surface area contributed by atoms with Crippen molar-refractivity contribution in [1.29, 1.82) is 0 Å². The summed E-state index contributed by atoms with van der Waals surface area (Å²) >= 11 is 0. The molecule has 0 saturated carbocycles. The number of nitrogens with one attached hydrogen (secondary N) is 1. The van der Waals surface area contributed by atoms with Crippen molar-refractivity contribution in [3.8, 4) is 11.5 Å². The fourth-order valence-electron chi connectivity index (χ4n) is 5.15. The molecular weight excluding hydrogens is 442 g/mol. The highest BCUT2D eigenvalue weighted by molar-refractivity contribution is 6.04. The second kappa shape index (κ2) is 9.98. The van der Waals surface area contributed by atoms with Crippen molar-refractivity contribution in [2.24, 2.45) is 0 Å². The van der Waals surface area contributed by atoms with Crippen molar-refractivity contribution < 1.29 is 23.8 Å². The van der Waals surface area contributed by atoms with Crippen LogP contribution in [-0.2, 0) is 14.3 Å². The number of esters is 1. The summed E-state index contributed by atoms with van der Waals surface area (Å²) in [7, 11) is 3.21. The Bertz CT molecular complexity index is 1220. The predicted molar refractivity (Wildman–Crippen MR) is 135 cm³/mol. The molecule has 0 unspecified atom stereocenters. The van der Waals surface area contributed by atoms with Gasteiger partial charge in [-0.25, -0.2) is 4.79 Å². The maximum Gasteiger partial charge on any atom is 0.337 e. The first kappa shape index (κ1) is 24.6. The Morgan fingerprint density at radius 2 is 1.71 bits per heavy atom. The van der Waals surface area contributed by atoms with Gasteiger partial charge in [0.2, 0.25) is 0 Å². The van der Waals surface area contributed by atoms with Gasteiger partial charge in [0.25, 0.3) is 0 Å². The van der Waals surface area contributed by atoms with Crippen LogP contribution in [0.15, 0.2) is 65.0 Å². The van der Waals surface area contributed by atoms with Crippen molar-refractivity contribution >= 4 is 11.8 Å². The lowest BCUT2D eigenvalue weighted by Crippen LogP contribution is -2.36. The van der Waals surface area contributed by atoms with Crippen LogP contribution in [0.1, 0.15) is 62.1 Å². The third-order valence-electron chi connectivity index (χ3n) is 6.77. The Morgan fingerprint density at radius 3 is 2.37 bits per heavy atom. The van der Waals surface area contributed by atoms with Crippen molar-refractivity contribution in [1.82, 2.24) is 5.32 Å². The van der Waals surface area contributed by atoms with Crippen LogP contribution in [0.4, 0.5) is 0 Å². The second-order valence-electron chi connectivity index (χ2n) is 9.44. The van der Waals surface area contributed by atoms with E-state index in [1.807, 2.05) is 70.2 Å². The summed E-state index contributed by atoms with van der Waals surface area (Å²) in [6.07, 6.45) is 0.749. The summed E-state index contributed by atoms with van der Waals surface area (Å²) < 4.78 is 16.5. The minimum Gasteiger partial charge on any atom is -0.493 e. The Kier molecular flexibility index (Phi) is 7.01. The standard InChI is InChI=1S/C29H33NO5/c1-16(2)35-29(32)26-18(4)30-22-13-20(19-11-12-24(33-5)25(15-19)34-6)14-23(31)28(22)27(26)21-10-8-7-9-17(21)3/h7-12,15-16,20,27,30H,13-14H2,1-6H3/t20-,27+/m0/s1. The van der Waals surface area contributed by atoms with Gasteiger partial charge in [0.1, 0.15) is 0 Å².